The van der Waals surface area contributed by atoms with E-state index in [1.807, 2.05) is 0 Å². The lowest BCUT2D eigenvalue weighted by atomic mass is 10.3. The summed E-state index contributed by atoms with van der Waals surface area (Å²) in [6.07, 6.45) is 3.54. The van der Waals surface area contributed by atoms with Crippen LogP contribution in [-0.4, -0.2) is 27.6 Å². The zero-order valence-electron chi connectivity index (χ0n) is 9.96. The molecule has 2 heterocycles. The summed E-state index contributed by atoms with van der Waals surface area (Å²) in [4.78, 5) is 20.5. The van der Waals surface area contributed by atoms with Crippen molar-refractivity contribution >= 4 is 23.2 Å². The van der Waals surface area contributed by atoms with Crippen LogP contribution in [0.4, 0.5) is 5.95 Å². The van der Waals surface area contributed by atoms with E-state index in [1.165, 1.54) is 11.3 Å². The first-order chi connectivity index (χ1) is 9.29. The van der Waals surface area contributed by atoms with Gasteiger partial charge in [-0.1, -0.05) is 11.8 Å². The number of aromatic nitrogens is 2. The highest BCUT2D eigenvalue weighted by Gasteiger charge is 2.09. The molecule has 0 aliphatic carbocycles. The largest absolute Gasteiger partial charge is 0.395 e. The van der Waals surface area contributed by atoms with E-state index in [9.17, 15) is 4.79 Å². The van der Waals surface area contributed by atoms with E-state index in [2.05, 4.69) is 27.1 Å². The van der Waals surface area contributed by atoms with Crippen molar-refractivity contribution < 1.29 is 9.90 Å². The normalized spacial score (nSPS) is 9.53. The van der Waals surface area contributed by atoms with Crippen LogP contribution in [0.1, 0.15) is 21.7 Å². The van der Waals surface area contributed by atoms with Gasteiger partial charge in [-0.05, 0) is 12.1 Å². The summed E-state index contributed by atoms with van der Waals surface area (Å²) in [6, 6.07) is 3.38. The molecule has 19 heavy (non-hydrogen) atoms. The fourth-order valence-electron chi connectivity index (χ4n) is 1.26. The van der Waals surface area contributed by atoms with Crippen LogP contribution in [0.5, 0.6) is 0 Å². The zero-order chi connectivity index (χ0) is 13.5. The lowest BCUT2D eigenvalue weighted by Gasteiger charge is -1.99. The van der Waals surface area contributed by atoms with Gasteiger partial charge < -0.3 is 5.11 Å². The Morgan fingerprint density at radius 3 is 2.95 bits per heavy atom. The number of aliphatic hydroxyl groups is 1. The third-order valence-corrected chi connectivity index (χ3v) is 2.95. The van der Waals surface area contributed by atoms with Gasteiger partial charge in [0.25, 0.3) is 5.91 Å². The van der Waals surface area contributed by atoms with Crippen LogP contribution in [0.2, 0.25) is 0 Å². The summed E-state index contributed by atoms with van der Waals surface area (Å²) in [5, 5.41) is 12.9. The molecule has 0 saturated heterocycles. The van der Waals surface area contributed by atoms with Crippen LogP contribution < -0.4 is 5.32 Å². The first-order valence-electron chi connectivity index (χ1n) is 5.56. The third-order valence-electron chi connectivity index (χ3n) is 2.10. The number of hydrogen-bond acceptors (Lipinski definition) is 5. The number of hydrogen-bond donors (Lipinski definition) is 2. The number of aliphatic hydroxyl groups excluding tert-OH is 1. The second kappa shape index (κ2) is 6.64. The number of rotatable bonds is 3. The lowest BCUT2D eigenvalue weighted by molar-refractivity contribution is 0.102. The van der Waals surface area contributed by atoms with Crippen LogP contribution in [-0.2, 0) is 0 Å². The van der Waals surface area contributed by atoms with Crippen molar-refractivity contribution in [3.8, 4) is 11.8 Å². The molecule has 6 heteroatoms. The first kappa shape index (κ1) is 13.2. The van der Waals surface area contributed by atoms with Crippen molar-refractivity contribution in [1.82, 2.24) is 9.97 Å². The van der Waals surface area contributed by atoms with E-state index in [4.69, 9.17) is 5.11 Å². The Kier molecular flexibility index (Phi) is 4.61. The van der Waals surface area contributed by atoms with Gasteiger partial charge in [-0.3, -0.25) is 10.1 Å². The van der Waals surface area contributed by atoms with Gasteiger partial charge in [0.05, 0.1) is 17.0 Å². The van der Waals surface area contributed by atoms with Gasteiger partial charge in [-0.15, -0.1) is 11.3 Å². The minimum atomic E-state index is -0.266. The van der Waals surface area contributed by atoms with Gasteiger partial charge in [0.2, 0.25) is 5.95 Å². The third kappa shape index (κ3) is 3.88. The highest BCUT2D eigenvalue weighted by molar-refractivity contribution is 7.10. The molecule has 0 saturated carbocycles. The fraction of sp³-hybridized carbons (Fsp3) is 0.154. The van der Waals surface area contributed by atoms with Crippen molar-refractivity contribution in [2.24, 2.45) is 0 Å². The van der Waals surface area contributed by atoms with Crippen LogP contribution in [0.15, 0.2) is 29.9 Å². The molecule has 96 valence electrons. The lowest BCUT2D eigenvalue weighted by Crippen LogP contribution is -2.12. The Labute approximate surface area is 114 Å². The van der Waals surface area contributed by atoms with Gasteiger partial charge >= 0.3 is 0 Å². The smallest absolute Gasteiger partial charge is 0.258 e. The second-order valence-corrected chi connectivity index (χ2v) is 4.41. The van der Waals surface area contributed by atoms with Gasteiger partial charge in [-0.25, -0.2) is 9.97 Å². The van der Waals surface area contributed by atoms with Crippen LogP contribution in [0, 0.1) is 11.8 Å². The van der Waals surface area contributed by atoms with E-state index in [0.717, 1.165) is 4.88 Å². The minimum Gasteiger partial charge on any atom is -0.395 e. The number of anilines is 1. The summed E-state index contributed by atoms with van der Waals surface area (Å²) in [5.41, 5.74) is 0.519. The van der Waals surface area contributed by atoms with Gasteiger partial charge in [0, 0.05) is 24.2 Å². The van der Waals surface area contributed by atoms with Crippen LogP contribution >= 0.6 is 11.3 Å². The average Bonchev–Trinajstić information content (AvgIpc) is 2.89. The molecule has 0 bridgehead atoms. The number of carbonyl (C=O) groups excluding carboxylic acids is 1. The van der Waals surface area contributed by atoms with Crippen molar-refractivity contribution in [2.75, 3.05) is 11.9 Å². The number of nitrogens with zero attached hydrogens (tertiary/aromatic N) is 2. The van der Waals surface area contributed by atoms with E-state index >= 15 is 0 Å². The maximum Gasteiger partial charge on any atom is 0.258 e. The Bertz CT molecular complexity index is 614. The summed E-state index contributed by atoms with van der Waals surface area (Å²) < 4.78 is 0. The van der Waals surface area contributed by atoms with E-state index in [1.54, 1.807) is 29.9 Å². The number of amides is 1. The van der Waals surface area contributed by atoms with E-state index in [-0.39, 0.29) is 18.5 Å². The second-order valence-electron chi connectivity index (χ2n) is 3.50. The molecular formula is C13H11N3O2S. The predicted octanol–water partition coefficient (Wildman–Crippen LogP) is 1.52. The predicted molar refractivity (Wildman–Crippen MR) is 72.9 cm³/mol. The van der Waals surface area contributed by atoms with Crippen molar-refractivity contribution in [2.45, 2.75) is 6.42 Å². The summed E-state index contributed by atoms with van der Waals surface area (Å²) in [7, 11) is 0. The maximum absolute atomic E-state index is 11.9. The van der Waals surface area contributed by atoms with Gasteiger partial charge in [0.15, 0.2) is 0 Å². The fourth-order valence-corrected chi connectivity index (χ4v) is 2.02. The maximum atomic E-state index is 11.9. The highest BCUT2D eigenvalue weighted by atomic mass is 32.1. The quantitative estimate of drug-likeness (QED) is 0.831. The van der Waals surface area contributed by atoms with E-state index in [0.29, 0.717) is 12.0 Å². The molecule has 2 aromatic rings. The first-order valence-corrected chi connectivity index (χ1v) is 6.44. The summed E-state index contributed by atoms with van der Waals surface area (Å²) in [5.74, 6) is 5.69. The molecule has 0 aromatic carbocycles. The molecule has 0 unspecified atom stereocenters. The van der Waals surface area contributed by atoms with Crippen molar-refractivity contribution in [3.63, 3.8) is 0 Å². The molecule has 0 aliphatic heterocycles. The number of nitrogens with one attached hydrogen (secondary N) is 1. The molecule has 2 aromatic heterocycles. The Hall–Kier alpha value is -2.23. The molecular weight excluding hydrogens is 262 g/mol. The monoisotopic (exact) mass is 273 g/mol. The molecule has 5 nitrogen and oxygen atoms in total. The SMILES string of the molecule is O=C(Nc1ncccn1)c1csc(C#CCCO)c1. The summed E-state index contributed by atoms with van der Waals surface area (Å²) >= 11 is 1.38. The Morgan fingerprint density at radius 2 is 2.21 bits per heavy atom. The standard InChI is InChI=1S/C13H11N3O2S/c17-7-2-1-4-11-8-10(9-19-11)12(18)16-13-14-5-3-6-15-13/h3,5-6,8-9,17H,2,7H2,(H,14,15,16,18). The van der Waals surface area contributed by atoms with Crippen LogP contribution in [0.3, 0.4) is 0 Å². The van der Waals surface area contributed by atoms with Gasteiger partial charge in [-0.2, -0.15) is 0 Å². The molecule has 2 N–H and O–H groups in total. The minimum absolute atomic E-state index is 0.0388. The van der Waals surface area contributed by atoms with Crippen molar-refractivity contribution in [1.29, 1.82) is 0 Å². The molecule has 0 spiro atoms. The van der Waals surface area contributed by atoms with Crippen molar-refractivity contribution in [3.05, 3.63) is 40.3 Å². The zero-order valence-corrected chi connectivity index (χ0v) is 10.8. The molecule has 1 amide bonds. The number of thiophene rings is 1. The van der Waals surface area contributed by atoms with Gasteiger partial charge in [0.1, 0.15) is 0 Å². The average molecular weight is 273 g/mol. The number of carbonyl (C=O) groups is 1. The molecule has 0 radical (unpaired) electrons. The molecule has 0 fully saturated rings. The Balaban J connectivity index is 2.03. The molecule has 0 atom stereocenters. The van der Waals surface area contributed by atoms with E-state index < -0.39 is 0 Å². The van der Waals surface area contributed by atoms with Crippen LogP contribution in [0.25, 0.3) is 0 Å². The summed E-state index contributed by atoms with van der Waals surface area (Å²) in [6.45, 7) is 0.0388. The highest BCUT2D eigenvalue weighted by Crippen LogP contribution is 2.14. The molecule has 2 rings (SSSR count). The Morgan fingerprint density at radius 1 is 1.42 bits per heavy atom. The molecule has 0 aliphatic rings. The topological polar surface area (TPSA) is 75.1 Å².